The second-order valence-corrected chi connectivity index (χ2v) is 5.25. The van der Waals surface area contributed by atoms with Crippen molar-refractivity contribution in [1.29, 1.82) is 0 Å². The number of hydrogen-bond acceptors (Lipinski definition) is 6. The first-order valence-electron chi connectivity index (χ1n) is 7.92. The molecule has 24 heavy (non-hydrogen) atoms. The molecule has 0 bridgehead atoms. The first-order chi connectivity index (χ1) is 11.7. The Morgan fingerprint density at radius 1 is 1.12 bits per heavy atom. The van der Waals surface area contributed by atoms with Crippen LogP contribution in [0.3, 0.4) is 0 Å². The van der Waals surface area contributed by atoms with Crippen LogP contribution in [-0.2, 0) is 4.79 Å². The SMILES string of the molecule is CNC(=O)CCCCCCN(c1cnccn1)c1ncncc1F. The van der Waals surface area contributed by atoms with E-state index >= 15 is 0 Å². The van der Waals surface area contributed by atoms with Crippen molar-refractivity contribution in [2.45, 2.75) is 32.1 Å². The summed E-state index contributed by atoms with van der Waals surface area (Å²) < 4.78 is 14.0. The van der Waals surface area contributed by atoms with E-state index in [9.17, 15) is 9.18 Å². The topological polar surface area (TPSA) is 83.9 Å². The number of rotatable bonds is 9. The van der Waals surface area contributed by atoms with Crippen molar-refractivity contribution in [3.63, 3.8) is 0 Å². The Morgan fingerprint density at radius 2 is 1.96 bits per heavy atom. The molecule has 7 nitrogen and oxygen atoms in total. The second-order valence-electron chi connectivity index (χ2n) is 5.25. The maximum atomic E-state index is 14.0. The molecule has 0 saturated carbocycles. The summed E-state index contributed by atoms with van der Waals surface area (Å²) in [4.78, 5) is 28.8. The molecule has 0 radical (unpaired) electrons. The summed E-state index contributed by atoms with van der Waals surface area (Å²) >= 11 is 0. The Hall–Kier alpha value is -2.64. The number of carbonyl (C=O) groups is 1. The van der Waals surface area contributed by atoms with Gasteiger partial charge in [-0.3, -0.25) is 9.78 Å². The van der Waals surface area contributed by atoms with Gasteiger partial charge in [0, 0.05) is 32.4 Å². The van der Waals surface area contributed by atoms with Crippen LogP contribution in [0, 0.1) is 5.82 Å². The molecule has 1 amide bonds. The van der Waals surface area contributed by atoms with Crippen molar-refractivity contribution in [2.75, 3.05) is 18.5 Å². The van der Waals surface area contributed by atoms with E-state index in [1.165, 1.54) is 6.33 Å². The van der Waals surface area contributed by atoms with Gasteiger partial charge in [0.2, 0.25) is 5.91 Å². The quantitative estimate of drug-likeness (QED) is 0.709. The third-order valence-electron chi connectivity index (χ3n) is 3.54. The molecule has 128 valence electrons. The highest BCUT2D eigenvalue weighted by Gasteiger charge is 2.16. The van der Waals surface area contributed by atoms with Crippen molar-refractivity contribution < 1.29 is 9.18 Å². The van der Waals surface area contributed by atoms with E-state index in [2.05, 4.69) is 25.3 Å². The molecule has 0 atom stereocenters. The first-order valence-corrected chi connectivity index (χ1v) is 7.92. The molecule has 2 rings (SSSR count). The van der Waals surface area contributed by atoms with E-state index in [-0.39, 0.29) is 11.7 Å². The first kappa shape index (κ1) is 17.7. The van der Waals surface area contributed by atoms with Crippen LogP contribution < -0.4 is 10.2 Å². The summed E-state index contributed by atoms with van der Waals surface area (Å²) in [5.74, 6) is 0.290. The fourth-order valence-electron chi connectivity index (χ4n) is 2.30. The highest BCUT2D eigenvalue weighted by molar-refractivity contribution is 5.75. The molecule has 0 fully saturated rings. The van der Waals surface area contributed by atoms with E-state index in [0.29, 0.717) is 18.8 Å². The van der Waals surface area contributed by atoms with Crippen molar-refractivity contribution in [3.05, 3.63) is 36.9 Å². The third kappa shape index (κ3) is 5.22. The van der Waals surface area contributed by atoms with Gasteiger partial charge in [0.25, 0.3) is 0 Å². The predicted molar refractivity (Wildman–Crippen MR) is 88.2 cm³/mol. The Kier molecular flexibility index (Phi) is 7.00. The minimum Gasteiger partial charge on any atom is -0.359 e. The number of unbranched alkanes of at least 4 members (excludes halogenated alkanes) is 3. The number of carbonyl (C=O) groups excluding carboxylic acids is 1. The fourth-order valence-corrected chi connectivity index (χ4v) is 2.30. The molecule has 0 aliphatic heterocycles. The fraction of sp³-hybridized carbons (Fsp3) is 0.438. The largest absolute Gasteiger partial charge is 0.359 e. The van der Waals surface area contributed by atoms with E-state index < -0.39 is 5.82 Å². The highest BCUT2D eigenvalue weighted by atomic mass is 19.1. The second kappa shape index (κ2) is 9.49. The van der Waals surface area contributed by atoms with Gasteiger partial charge in [-0.2, -0.15) is 0 Å². The van der Waals surface area contributed by atoms with Crippen molar-refractivity contribution in [2.24, 2.45) is 0 Å². The van der Waals surface area contributed by atoms with Gasteiger partial charge >= 0.3 is 0 Å². The Morgan fingerprint density at radius 3 is 2.67 bits per heavy atom. The predicted octanol–water partition coefficient (Wildman–Crippen LogP) is 2.24. The van der Waals surface area contributed by atoms with Crippen LogP contribution in [0.15, 0.2) is 31.1 Å². The standard InChI is InChI=1S/C16H21FN6O/c1-18-15(24)6-4-2-3-5-9-23(14-11-19-7-8-21-14)16-13(17)10-20-12-22-16/h7-8,10-12H,2-6,9H2,1H3,(H,18,24). The lowest BCUT2D eigenvalue weighted by atomic mass is 10.1. The summed E-state index contributed by atoms with van der Waals surface area (Å²) in [7, 11) is 1.64. The van der Waals surface area contributed by atoms with Gasteiger partial charge in [0.1, 0.15) is 6.33 Å². The Bertz CT molecular complexity index is 639. The van der Waals surface area contributed by atoms with Crippen molar-refractivity contribution in [1.82, 2.24) is 25.3 Å². The van der Waals surface area contributed by atoms with Gasteiger partial charge in [0.15, 0.2) is 17.5 Å². The number of hydrogen-bond donors (Lipinski definition) is 1. The summed E-state index contributed by atoms with van der Waals surface area (Å²) in [5.41, 5.74) is 0. The van der Waals surface area contributed by atoms with Crippen LogP contribution >= 0.6 is 0 Å². The number of halogens is 1. The molecule has 0 aromatic carbocycles. The highest BCUT2D eigenvalue weighted by Crippen LogP contribution is 2.23. The van der Waals surface area contributed by atoms with Crippen molar-refractivity contribution >= 4 is 17.5 Å². The van der Waals surface area contributed by atoms with E-state index in [1.54, 1.807) is 30.5 Å². The van der Waals surface area contributed by atoms with E-state index in [4.69, 9.17) is 0 Å². The summed E-state index contributed by atoms with van der Waals surface area (Å²) in [6.07, 6.45) is 11.2. The summed E-state index contributed by atoms with van der Waals surface area (Å²) in [5, 5.41) is 2.61. The molecular formula is C16H21FN6O. The van der Waals surface area contributed by atoms with Crippen LogP contribution in [-0.4, -0.2) is 39.4 Å². The lowest BCUT2D eigenvalue weighted by Crippen LogP contribution is -2.22. The van der Waals surface area contributed by atoms with Crippen LogP contribution in [0.1, 0.15) is 32.1 Å². The van der Waals surface area contributed by atoms with Crippen molar-refractivity contribution in [3.8, 4) is 0 Å². The minimum absolute atomic E-state index is 0.0549. The monoisotopic (exact) mass is 332 g/mol. The molecule has 2 aromatic heterocycles. The molecule has 0 unspecified atom stereocenters. The summed E-state index contributed by atoms with van der Waals surface area (Å²) in [6, 6.07) is 0. The Balaban J connectivity index is 1.93. The number of nitrogens with zero attached hydrogens (tertiary/aromatic N) is 5. The maximum absolute atomic E-state index is 14.0. The normalized spacial score (nSPS) is 10.4. The zero-order chi connectivity index (χ0) is 17.2. The maximum Gasteiger partial charge on any atom is 0.219 e. The van der Waals surface area contributed by atoms with Gasteiger partial charge < -0.3 is 10.2 Å². The molecule has 2 aromatic rings. The number of nitrogens with one attached hydrogen (secondary N) is 1. The molecule has 0 spiro atoms. The van der Waals surface area contributed by atoms with Crippen LogP contribution in [0.2, 0.25) is 0 Å². The van der Waals surface area contributed by atoms with Crippen LogP contribution in [0.5, 0.6) is 0 Å². The third-order valence-corrected chi connectivity index (χ3v) is 3.54. The van der Waals surface area contributed by atoms with Gasteiger partial charge in [0.05, 0.1) is 12.4 Å². The minimum atomic E-state index is -0.497. The number of anilines is 2. The number of aromatic nitrogens is 4. The average Bonchev–Trinajstić information content (AvgIpc) is 2.62. The zero-order valence-electron chi connectivity index (χ0n) is 13.7. The molecule has 0 aliphatic rings. The van der Waals surface area contributed by atoms with Gasteiger partial charge in [-0.1, -0.05) is 12.8 Å². The van der Waals surface area contributed by atoms with Gasteiger partial charge in [-0.15, -0.1) is 0 Å². The summed E-state index contributed by atoms with van der Waals surface area (Å²) in [6.45, 7) is 0.562. The molecule has 0 saturated heterocycles. The molecule has 2 heterocycles. The van der Waals surface area contributed by atoms with E-state index in [0.717, 1.165) is 31.9 Å². The van der Waals surface area contributed by atoms with Gasteiger partial charge in [-0.05, 0) is 12.8 Å². The Labute approximate surface area is 140 Å². The van der Waals surface area contributed by atoms with Gasteiger partial charge in [-0.25, -0.2) is 19.3 Å². The average molecular weight is 332 g/mol. The smallest absolute Gasteiger partial charge is 0.219 e. The van der Waals surface area contributed by atoms with Crippen LogP contribution in [0.25, 0.3) is 0 Å². The number of amides is 1. The zero-order valence-corrected chi connectivity index (χ0v) is 13.7. The molecule has 0 aliphatic carbocycles. The molecule has 1 N–H and O–H groups in total. The lowest BCUT2D eigenvalue weighted by molar-refractivity contribution is -0.120. The molecular weight excluding hydrogens is 311 g/mol. The van der Waals surface area contributed by atoms with E-state index in [1.807, 2.05) is 0 Å². The molecule has 8 heteroatoms. The lowest BCUT2D eigenvalue weighted by Gasteiger charge is -2.22. The van der Waals surface area contributed by atoms with Crippen LogP contribution in [0.4, 0.5) is 16.0 Å².